The summed E-state index contributed by atoms with van der Waals surface area (Å²) in [5.41, 5.74) is 12.7. The number of aliphatic imine (C=N–C) groups is 1. The molecule has 0 saturated carbocycles. The molecule has 2 aromatic carbocycles. The molecule has 3 heterocycles. The number of hydrogen-bond donors (Lipinski definition) is 1. The highest BCUT2D eigenvalue weighted by Gasteiger charge is 2.30. The van der Waals surface area contributed by atoms with Crippen LogP contribution in [0.25, 0.3) is 5.70 Å². The van der Waals surface area contributed by atoms with Gasteiger partial charge in [-0.2, -0.15) is 9.67 Å². The third-order valence-electron chi connectivity index (χ3n) is 5.62. The summed E-state index contributed by atoms with van der Waals surface area (Å²) in [6.07, 6.45) is 6.51. The highest BCUT2D eigenvalue weighted by molar-refractivity contribution is 5.92. The van der Waals surface area contributed by atoms with Gasteiger partial charge in [0.1, 0.15) is 17.3 Å². The summed E-state index contributed by atoms with van der Waals surface area (Å²) in [5.74, 6) is 0.305. The van der Waals surface area contributed by atoms with E-state index in [0.29, 0.717) is 18.1 Å². The lowest BCUT2D eigenvalue weighted by atomic mass is 10.1. The van der Waals surface area contributed by atoms with Crippen LogP contribution >= 0.6 is 0 Å². The van der Waals surface area contributed by atoms with Crippen molar-refractivity contribution in [1.82, 2.24) is 9.78 Å². The molecule has 4 aromatic rings. The Kier molecular flexibility index (Phi) is 7.55. The highest BCUT2D eigenvalue weighted by Crippen LogP contribution is 2.27. The van der Waals surface area contributed by atoms with Crippen molar-refractivity contribution < 1.29 is 19.2 Å². The summed E-state index contributed by atoms with van der Waals surface area (Å²) in [5, 5.41) is 13.3. The molecule has 1 aliphatic heterocycles. The molecule has 36 heavy (non-hydrogen) atoms. The fourth-order valence-corrected chi connectivity index (χ4v) is 3.97. The van der Waals surface area contributed by atoms with Crippen LogP contribution in [-0.4, -0.2) is 29.1 Å². The third-order valence-corrected chi connectivity index (χ3v) is 5.62. The van der Waals surface area contributed by atoms with E-state index >= 15 is 0 Å². The predicted octanol–water partition coefficient (Wildman–Crippen LogP) is 2.78. The quantitative estimate of drug-likeness (QED) is 0.336. The van der Waals surface area contributed by atoms with Crippen molar-refractivity contribution in [3.63, 3.8) is 0 Å². The second-order valence-electron chi connectivity index (χ2n) is 8.15. The minimum atomic E-state index is -1.08. The Bertz CT molecular complexity index is 1400. The number of hydrogen-bond acceptors (Lipinski definition) is 6. The van der Waals surface area contributed by atoms with Gasteiger partial charge in [0.2, 0.25) is 5.70 Å². The number of allylic oxidation sites excluding steroid dienone is 1. The first kappa shape index (κ1) is 24.4. The van der Waals surface area contributed by atoms with Gasteiger partial charge in [-0.05, 0) is 36.8 Å². The van der Waals surface area contributed by atoms with Crippen LogP contribution in [0.4, 0.5) is 11.5 Å². The summed E-state index contributed by atoms with van der Waals surface area (Å²) in [6, 6.07) is 24.5. The lowest BCUT2D eigenvalue weighted by Crippen LogP contribution is -2.33. The molecular weight excluding hydrogens is 454 g/mol. The zero-order valence-corrected chi connectivity index (χ0v) is 20.2. The molecule has 1 aliphatic rings. The van der Waals surface area contributed by atoms with Gasteiger partial charge in [0.25, 0.3) is 0 Å². The number of rotatable bonds is 6. The standard InChI is InChI=1S/C26H24N5O.C2H4O2/c1-32-23-12-10-20(11-13-23)25-21(15-22-9-5-6-14-30(22)25)16-28-24-17-29-31(26(24)27)18-19-7-3-2-4-8-19;1-2(3)4/h2-14,16-17H,15,18,27H2,1H3;1H3,(H,3,4)/q+1;/p-1. The van der Waals surface area contributed by atoms with Crippen molar-refractivity contribution >= 4 is 29.4 Å². The second kappa shape index (κ2) is 11.1. The normalized spacial score (nSPS) is 12.3. The molecule has 0 amide bonds. The number of ether oxygens (including phenoxy) is 1. The number of carboxylic acids is 1. The number of nitrogens with zero attached hydrogens (tertiary/aromatic N) is 4. The van der Waals surface area contributed by atoms with Gasteiger partial charge in [0, 0.05) is 29.9 Å². The summed E-state index contributed by atoms with van der Waals surface area (Å²) in [6.45, 7) is 1.59. The lowest BCUT2D eigenvalue weighted by Gasteiger charge is -2.04. The van der Waals surface area contributed by atoms with Crippen LogP contribution in [0.2, 0.25) is 0 Å². The van der Waals surface area contributed by atoms with Gasteiger partial charge in [-0.15, -0.1) is 0 Å². The first-order valence-electron chi connectivity index (χ1n) is 11.4. The third kappa shape index (κ3) is 5.67. The van der Waals surface area contributed by atoms with Crippen LogP contribution in [-0.2, 0) is 17.8 Å². The van der Waals surface area contributed by atoms with Crippen molar-refractivity contribution in [3.8, 4) is 5.75 Å². The zero-order chi connectivity index (χ0) is 25.5. The van der Waals surface area contributed by atoms with Crippen molar-refractivity contribution in [2.75, 3.05) is 12.8 Å². The van der Waals surface area contributed by atoms with E-state index in [4.69, 9.17) is 25.4 Å². The van der Waals surface area contributed by atoms with Crippen LogP contribution in [0.5, 0.6) is 5.75 Å². The molecule has 0 fully saturated rings. The Morgan fingerprint density at radius 2 is 1.83 bits per heavy atom. The number of aliphatic carboxylic acids is 1. The number of aromatic nitrogens is 3. The fourth-order valence-electron chi connectivity index (χ4n) is 3.97. The number of carbonyl (C=O) groups is 1. The van der Waals surface area contributed by atoms with Gasteiger partial charge in [-0.3, -0.25) is 4.99 Å². The minimum Gasteiger partial charge on any atom is -0.550 e. The number of carbonyl (C=O) groups excluding carboxylic acids is 1. The maximum absolute atomic E-state index is 8.89. The Hall–Kier alpha value is -4.72. The Balaban J connectivity index is 0.000000709. The first-order chi connectivity index (χ1) is 17.5. The van der Waals surface area contributed by atoms with E-state index in [-0.39, 0.29) is 0 Å². The number of nitrogens with two attached hydrogens (primary N) is 1. The maximum Gasteiger partial charge on any atom is 0.223 e. The second-order valence-corrected chi connectivity index (χ2v) is 8.15. The summed E-state index contributed by atoms with van der Waals surface area (Å²) >= 11 is 0. The Labute approximate surface area is 209 Å². The largest absolute Gasteiger partial charge is 0.550 e. The Morgan fingerprint density at radius 1 is 1.14 bits per heavy atom. The van der Waals surface area contributed by atoms with Crippen molar-refractivity contribution in [2.45, 2.75) is 19.9 Å². The average molecular weight is 482 g/mol. The Morgan fingerprint density at radius 3 is 2.53 bits per heavy atom. The molecule has 182 valence electrons. The van der Waals surface area contributed by atoms with Crippen LogP contribution in [0.1, 0.15) is 23.7 Å². The fraction of sp³-hybridized carbons (Fsp3) is 0.143. The van der Waals surface area contributed by atoms with Crippen molar-refractivity contribution in [2.24, 2.45) is 4.99 Å². The molecule has 0 unspecified atom stereocenters. The van der Waals surface area contributed by atoms with E-state index in [1.165, 1.54) is 5.69 Å². The van der Waals surface area contributed by atoms with Crippen LogP contribution in [0.3, 0.4) is 0 Å². The molecule has 2 aromatic heterocycles. The van der Waals surface area contributed by atoms with Crippen molar-refractivity contribution in [3.05, 3.63) is 108 Å². The van der Waals surface area contributed by atoms with Crippen molar-refractivity contribution in [1.29, 1.82) is 0 Å². The van der Waals surface area contributed by atoms with Gasteiger partial charge in [0.15, 0.2) is 11.9 Å². The average Bonchev–Trinajstić information content (AvgIpc) is 3.43. The van der Waals surface area contributed by atoms with Gasteiger partial charge >= 0.3 is 0 Å². The zero-order valence-electron chi connectivity index (χ0n) is 20.2. The van der Waals surface area contributed by atoms with Gasteiger partial charge < -0.3 is 20.4 Å². The monoisotopic (exact) mass is 481 g/mol. The smallest absolute Gasteiger partial charge is 0.223 e. The molecule has 0 radical (unpaired) electrons. The number of pyridine rings is 1. The molecule has 8 nitrogen and oxygen atoms in total. The molecule has 0 spiro atoms. The molecule has 0 bridgehead atoms. The number of benzene rings is 2. The van der Waals surface area contributed by atoms with E-state index in [1.807, 2.05) is 42.6 Å². The van der Waals surface area contributed by atoms with Crippen LogP contribution in [0.15, 0.2) is 95.8 Å². The topological polar surface area (TPSA) is 109 Å². The van der Waals surface area contributed by atoms with E-state index in [1.54, 1.807) is 18.0 Å². The summed E-state index contributed by atoms with van der Waals surface area (Å²) < 4.78 is 9.31. The number of carboxylic acid groups (broad SMARTS) is 1. The van der Waals surface area contributed by atoms with E-state index in [0.717, 1.165) is 41.5 Å². The van der Waals surface area contributed by atoms with E-state index < -0.39 is 5.97 Å². The molecule has 0 saturated heterocycles. The minimum absolute atomic E-state index is 0.555. The van der Waals surface area contributed by atoms with Gasteiger partial charge in [0.05, 0.1) is 31.8 Å². The highest BCUT2D eigenvalue weighted by atomic mass is 16.5. The number of anilines is 1. The first-order valence-corrected chi connectivity index (χ1v) is 11.4. The molecule has 5 rings (SSSR count). The predicted molar refractivity (Wildman–Crippen MR) is 137 cm³/mol. The molecular formula is C28H27N5O3. The van der Waals surface area contributed by atoms with E-state index in [9.17, 15) is 0 Å². The number of nitrogen functional groups attached to an aromatic ring is 1. The maximum atomic E-state index is 8.89. The summed E-state index contributed by atoms with van der Waals surface area (Å²) in [4.78, 5) is 13.6. The molecule has 0 atom stereocenters. The summed E-state index contributed by atoms with van der Waals surface area (Å²) in [7, 11) is 1.67. The lowest BCUT2D eigenvalue weighted by molar-refractivity contribution is -0.582. The van der Waals surface area contributed by atoms with Crippen LogP contribution in [0, 0.1) is 0 Å². The molecule has 0 aliphatic carbocycles. The SMILES string of the molecule is CC(=O)[O-].COc1ccc(C2=C(C=Nc3cnn(Cc4ccccc4)c3N)Cc3cccc[n+]32)cc1. The van der Waals surface area contributed by atoms with Gasteiger partial charge in [-0.25, -0.2) is 4.68 Å². The number of fused-ring (bicyclic) bond motifs is 1. The van der Waals surface area contributed by atoms with E-state index in [2.05, 4.69) is 52.3 Å². The van der Waals surface area contributed by atoms with Gasteiger partial charge in [-0.1, -0.05) is 36.4 Å². The molecule has 2 N–H and O–H groups in total. The molecule has 8 heteroatoms. The van der Waals surface area contributed by atoms with Crippen LogP contribution < -0.4 is 20.1 Å². The number of methoxy groups -OCH3 is 1.